The summed E-state index contributed by atoms with van der Waals surface area (Å²) >= 11 is 1.57. The van der Waals surface area contributed by atoms with Crippen molar-refractivity contribution in [1.82, 2.24) is 15.3 Å². The van der Waals surface area contributed by atoms with Crippen LogP contribution in [0.3, 0.4) is 0 Å². The van der Waals surface area contributed by atoms with Crippen LogP contribution >= 0.6 is 11.3 Å². The van der Waals surface area contributed by atoms with Crippen LogP contribution in [0.1, 0.15) is 18.4 Å². The molecule has 8 heteroatoms. The van der Waals surface area contributed by atoms with Crippen molar-refractivity contribution in [2.24, 2.45) is 4.99 Å². The maximum Gasteiger partial charge on any atom is 0.197 e. The number of aryl methyl sites for hydroxylation is 1. The fraction of sp³-hybridized carbons (Fsp3) is 0.375. The number of aromatic nitrogens is 2. The number of rotatable bonds is 6. The van der Waals surface area contributed by atoms with E-state index >= 15 is 0 Å². The molecule has 3 aromatic rings. The highest BCUT2D eigenvalue weighted by atomic mass is 32.1. The number of pyridine rings is 1. The van der Waals surface area contributed by atoms with Gasteiger partial charge in [0.1, 0.15) is 11.5 Å². The fourth-order valence-corrected chi connectivity index (χ4v) is 4.69. The summed E-state index contributed by atoms with van der Waals surface area (Å²) in [5.74, 6) is 1.78. The van der Waals surface area contributed by atoms with E-state index in [0.29, 0.717) is 0 Å². The van der Waals surface area contributed by atoms with Crippen LogP contribution in [0.15, 0.2) is 58.9 Å². The second kappa shape index (κ2) is 10.1. The van der Waals surface area contributed by atoms with E-state index in [2.05, 4.69) is 63.0 Å². The molecule has 2 N–H and O–H groups in total. The zero-order chi connectivity index (χ0) is 21.6. The summed E-state index contributed by atoms with van der Waals surface area (Å²) in [4.78, 5) is 16.4. The number of hydrogen-bond acceptors (Lipinski definition) is 8. The Kier molecular flexibility index (Phi) is 6.60. The van der Waals surface area contributed by atoms with E-state index in [9.17, 15) is 0 Å². The van der Waals surface area contributed by atoms with E-state index in [-0.39, 0.29) is 6.10 Å². The standard InChI is InChI=1S/C24H28N6OS/c1-2-6-18(7-3-1)10-11-19-16-30(14-15-31-19)22-9-4-8-20(27-22)21-17-32-24(28-21)29-23-25-12-5-13-26-23/h1-4,6-9,17,19H,5,10-16H2,(H2,25,26,28,29). The molecule has 5 rings (SSSR count). The highest BCUT2D eigenvalue weighted by Crippen LogP contribution is 2.26. The van der Waals surface area contributed by atoms with Crippen LogP contribution < -0.4 is 15.5 Å². The average Bonchev–Trinajstić information content (AvgIpc) is 3.33. The van der Waals surface area contributed by atoms with Gasteiger partial charge in [0.15, 0.2) is 11.1 Å². The van der Waals surface area contributed by atoms with Crippen molar-refractivity contribution in [2.75, 3.05) is 43.0 Å². The van der Waals surface area contributed by atoms with Crippen molar-refractivity contribution in [3.8, 4) is 11.4 Å². The molecular formula is C24H28N6OS. The van der Waals surface area contributed by atoms with Crippen molar-refractivity contribution in [2.45, 2.75) is 25.4 Å². The molecule has 1 atom stereocenters. The number of guanidine groups is 1. The van der Waals surface area contributed by atoms with Gasteiger partial charge in [-0.1, -0.05) is 36.4 Å². The van der Waals surface area contributed by atoms with E-state index in [0.717, 1.165) is 80.3 Å². The molecule has 2 aliphatic heterocycles. The number of aliphatic imine (C=N–C) groups is 1. The van der Waals surface area contributed by atoms with Gasteiger partial charge >= 0.3 is 0 Å². The van der Waals surface area contributed by atoms with Crippen LogP contribution in [-0.4, -0.2) is 54.8 Å². The average molecular weight is 449 g/mol. The van der Waals surface area contributed by atoms with Crippen LogP contribution in [0.4, 0.5) is 10.9 Å². The Morgan fingerprint density at radius 3 is 2.91 bits per heavy atom. The molecule has 0 aliphatic carbocycles. The number of nitrogens with zero attached hydrogens (tertiary/aromatic N) is 4. The second-order valence-corrected chi connectivity index (χ2v) is 8.88. The quantitative estimate of drug-likeness (QED) is 0.597. The Labute approximate surface area is 192 Å². The minimum atomic E-state index is 0.216. The maximum absolute atomic E-state index is 6.04. The Balaban J connectivity index is 1.23. The van der Waals surface area contributed by atoms with E-state index < -0.39 is 0 Å². The van der Waals surface area contributed by atoms with E-state index in [1.165, 1.54) is 5.56 Å². The third-order valence-corrected chi connectivity index (χ3v) is 6.44. The first-order valence-corrected chi connectivity index (χ1v) is 12.1. The molecule has 32 heavy (non-hydrogen) atoms. The minimum Gasteiger partial charge on any atom is -0.375 e. The van der Waals surface area contributed by atoms with Gasteiger partial charge in [-0.25, -0.2) is 9.97 Å². The molecule has 2 aliphatic rings. The smallest absolute Gasteiger partial charge is 0.197 e. The number of ether oxygens (including phenoxy) is 1. The molecule has 166 valence electrons. The lowest BCUT2D eigenvalue weighted by Crippen LogP contribution is -2.43. The van der Waals surface area contributed by atoms with Gasteiger partial charge < -0.3 is 20.3 Å². The summed E-state index contributed by atoms with van der Waals surface area (Å²) in [7, 11) is 0. The second-order valence-electron chi connectivity index (χ2n) is 8.02. The van der Waals surface area contributed by atoms with Crippen molar-refractivity contribution in [1.29, 1.82) is 0 Å². The number of nitrogens with one attached hydrogen (secondary N) is 2. The first kappa shape index (κ1) is 20.9. The largest absolute Gasteiger partial charge is 0.375 e. The van der Waals surface area contributed by atoms with Gasteiger partial charge in [-0.3, -0.25) is 4.99 Å². The van der Waals surface area contributed by atoms with Crippen LogP contribution in [0.25, 0.3) is 11.4 Å². The molecule has 1 saturated heterocycles. The number of anilines is 2. The molecule has 2 aromatic heterocycles. The molecular weight excluding hydrogens is 420 g/mol. The normalized spacial score (nSPS) is 18.7. The molecule has 1 fully saturated rings. The van der Waals surface area contributed by atoms with E-state index in [1.54, 1.807) is 11.3 Å². The van der Waals surface area contributed by atoms with Crippen molar-refractivity contribution < 1.29 is 4.74 Å². The van der Waals surface area contributed by atoms with Gasteiger partial charge in [-0.15, -0.1) is 11.3 Å². The predicted octanol–water partition coefficient (Wildman–Crippen LogP) is 3.80. The Bertz CT molecular complexity index is 1050. The molecule has 0 bridgehead atoms. The third-order valence-electron chi connectivity index (χ3n) is 5.68. The SMILES string of the molecule is c1ccc(CCC2CN(c3cccc(-c4csc(NC5=NCCCN5)n4)n3)CCO2)cc1. The lowest BCUT2D eigenvalue weighted by atomic mass is 10.1. The lowest BCUT2D eigenvalue weighted by molar-refractivity contribution is 0.0352. The van der Waals surface area contributed by atoms with Gasteiger partial charge in [0.2, 0.25) is 0 Å². The van der Waals surface area contributed by atoms with E-state index in [1.807, 2.05) is 11.4 Å². The van der Waals surface area contributed by atoms with Crippen LogP contribution in [0.2, 0.25) is 0 Å². The van der Waals surface area contributed by atoms with Crippen LogP contribution in [0, 0.1) is 0 Å². The predicted molar refractivity (Wildman–Crippen MR) is 131 cm³/mol. The first-order valence-electron chi connectivity index (χ1n) is 11.2. The van der Waals surface area contributed by atoms with Crippen LogP contribution in [-0.2, 0) is 11.2 Å². The van der Waals surface area contributed by atoms with Gasteiger partial charge in [0.05, 0.1) is 18.4 Å². The van der Waals surface area contributed by atoms with Gasteiger partial charge in [0.25, 0.3) is 0 Å². The zero-order valence-electron chi connectivity index (χ0n) is 18.0. The number of hydrogen-bond donors (Lipinski definition) is 2. The Morgan fingerprint density at radius 1 is 1.09 bits per heavy atom. The molecule has 7 nitrogen and oxygen atoms in total. The van der Waals surface area contributed by atoms with Crippen molar-refractivity contribution >= 4 is 28.2 Å². The summed E-state index contributed by atoms with van der Waals surface area (Å²) in [6.45, 7) is 4.24. The topological polar surface area (TPSA) is 74.7 Å². The summed E-state index contributed by atoms with van der Waals surface area (Å²) in [6.07, 6.45) is 3.33. The first-order chi connectivity index (χ1) is 15.8. The molecule has 0 saturated carbocycles. The molecule has 1 unspecified atom stereocenters. The highest BCUT2D eigenvalue weighted by Gasteiger charge is 2.22. The minimum absolute atomic E-state index is 0.216. The molecule has 1 aromatic carbocycles. The Morgan fingerprint density at radius 2 is 2.03 bits per heavy atom. The molecule has 0 amide bonds. The highest BCUT2D eigenvalue weighted by molar-refractivity contribution is 7.14. The number of morpholine rings is 1. The van der Waals surface area contributed by atoms with Crippen molar-refractivity contribution in [3.05, 3.63) is 59.5 Å². The lowest BCUT2D eigenvalue weighted by Gasteiger charge is -2.34. The number of thiazole rings is 1. The summed E-state index contributed by atoms with van der Waals surface area (Å²) in [5.41, 5.74) is 3.12. The van der Waals surface area contributed by atoms with Crippen LogP contribution in [0.5, 0.6) is 0 Å². The third kappa shape index (κ3) is 5.26. The van der Waals surface area contributed by atoms with Gasteiger partial charge in [0, 0.05) is 31.6 Å². The molecule has 0 radical (unpaired) electrons. The molecule has 4 heterocycles. The maximum atomic E-state index is 6.04. The summed E-state index contributed by atoms with van der Waals surface area (Å²) in [6, 6.07) is 16.8. The fourth-order valence-electron chi connectivity index (χ4n) is 3.98. The summed E-state index contributed by atoms with van der Waals surface area (Å²) < 4.78 is 6.04. The molecule has 0 spiro atoms. The van der Waals surface area contributed by atoms with E-state index in [4.69, 9.17) is 14.7 Å². The van der Waals surface area contributed by atoms with Crippen molar-refractivity contribution in [3.63, 3.8) is 0 Å². The van der Waals surface area contributed by atoms with Gasteiger partial charge in [-0.2, -0.15) is 0 Å². The number of benzene rings is 1. The van der Waals surface area contributed by atoms with Gasteiger partial charge in [-0.05, 0) is 37.0 Å². The Hall–Kier alpha value is -2.97. The monoisotopic (exact) mass is 448 g/mol. The summed E-state index contributed by atoms with van der Waals surface area (Å²) in [5, 5.41) is 9.41. The zero-order valence-corrected chi connectivity index (χ0v) is 18.9.